The smallest absolute Gasteiger partial charge is 0.410 e. The molecule has 0 aromatic heterocycles. The molecule has 2 rings (SSSR count). The van der Waals surface area contributed by atoms with E-state index in [2.05, 4.69) is 5.32 Å². The first-order valence-electron chi connectivity index (χ1n) is 9.40. The molecule has 1 saturated heterocycles. The van der Waals surface area contributed by atoms with Crippen LogP contribution in [0.25, 0.3) is 0 Å². The van der Waals surface area contributed by atoms with Gasteiger partial charge in [-0.1, -0.05) is 0 Å². The van der Waals surface area contributed by atoms with Gasteiger partial charge in [-0.2, -0.15) is 0 Å². The summed E-state index contributed by atoms with van der Waals surface area (Å²) in [4.78, 5) is 25.8. The zero-order valence-corrected chi connectivity index (χ0v) is 16.6. The highest BCUT2D eigenvalue weighted by atomic mass is 16.6. The summed E-state index contributed by atoms with van der Waals surface area (Å²) in [6, 6.07) is 7.21. The van der Waals surface area contributed by atoms with Gasteiger partial charge in [0.05, 0.1) is 6.61 Å². The first kappa shape index (κ1) is 20.9. The van der Waals surface area contributed by atoms with Crippen molar-refractivity contribution in [2.24, 2.45) is 0 Å². The second-order valence-electron chi connectivity index (χ2n) is 7.50. The molecule has 1 aliphatic heterocycles. The molecule has 1 heterocycles. The Morgan fingerprint density at radius 2 is 1.63 bits per heavy atom. The molecule has 0 atom stereocenters. The molecule has 1 aromatic rings. The van der Waals surface area contributed by atoms with Crippen LogP contribution >= 0.6 is 0 Å². The second kappa shape index (κ2) is 9.48. The zero-order chi connectivity index (χ0) is 19.9. The van der Waals surface area contributed by atoms with Crippen molar-refractivity contribution in [2.75, 3.05) is 26.3 Å². The van der Waals surface area contributed by atoms with Crippen LogP contribution in [0.1, 0.15) is 40.5 Å². The van der Waals surface area contributed by atoms with E-state index in [4.69, 9.17) is 14.2 Å². The van der Waals surface area contributed by atoms with Crippen molar-refractivity contribution in [3.8, 4) is 11.5 Å². The lowest BCUT2D eigenvalue weighted by Gasteiger charge is -2.33. The Morgan fingerprint density at radius 3 is 2.15 bits per heavy atom. The van der Waals surface area contributed by atoms with Crippen LogP contribution in [0.2, 0.25) is 0 Å². The fourth-order valence-electron chi connectivity index (χ4n) is 2.75. The predicted molar refractivity (Wildman–Crippen MR) is 102 cm³/mol. The Labute approximate surface area is 161 Å². The molecule has 2 amide bonds. The average Bonchev–Trinajstić information content (AvgIpc) is 2.60. The molecule has 0 unspecified atom stereocenters. The number of ether oxygens (including phenoxy) is 3. The third kappa shape index (κ3) is 7.37. The van der Waals surface area contributed by atoms with Crippen molar-refractivity contribution in [1.29, 1.82) is 0 Å². The zero-order valence-electron chi connectivity index (χ0n) is 16.6. The van der Waals surface area contributed by atoms with Crippen LogP contribution in [0.4, 0.5) is 4.79 Å². The minimum Gasteiger partial charge on any atom is -0.494 e. The number of carbonyl (C=O) groups excluding carboxylic acids is 2. The van der Waals surface area contributed by atoms with Gasteiger partial charge in [-0.15, -0.1) is 0 Å². The number of benzene rings is 1. The van der Waals surface area contributed by atoms with Gasteiger partial charge in [-0.3, -0.25) is 4.79 Å². The molecule has 27 heavy (non-hydrogen) atoms. The normalized spacial score (nSPS) is 15.2. The fraction of sp³-hybridized carbons (Fsp3) is 0.600. The Bertz CT molecular complexity index is 616. The third-order valence-corrected chi connectivity index (χ3v) is 4.02. The summed E-state index contributed by atoms with van der Waals surface area (Å²) in [6.45, 7) is 9.17. The second-order valence-corrected chi connectivity index (χ2v) is 7.50. The number of hydrogen-bond acceptors (Lipinski definition) is 5. The lowest BCUT2D eigenvalue weighted by Crippen LogP contribution is -2.48. The van der Waals surface area contributed by atoms with Gasteiger partial charge in [-0.25, -0.2) is 4.79 Å². The van der Waals surface area contributed by atoms with Gasteiger partial charge in [0.2, 0.25) is 0 Å². The van der Waals surface area contributed by atoms with E-state index in [-0.39, 0.29) is 24.6 Å². The molecular weight excluding hydrogens is 348 g/mol. The lowest BCUT2D eigenvalue weighted by atomic mass is 10.1. The molecule has 0 aliphatic carbocycles. The number of hydrogen-bond donors (Lipinski definition) is 1. The summed E-state index contributed by atoms with van der Waals surface area (Å²) < 4.78 is 16.2. The Hall–Kier alpha value is -2.44. The van der Waals surface area contributed by atoms with Gasteiger partial charge < -0.3 is 24.4 Å². The first-order chi connectivity index (χ1) is 12.8. The molecule has 150 valence electrons. The van der Waals surface area contributed by atoms with Gasteiger partial charge in [0, 0.05) is 19.1 Å². The summed E-state index contributed by atoms with van der Waals surface area (Å²) >= 11 is 0. The van der Waals surface area contributed by atoms with Gasteiger partial charge in [0.1, 0.15) is 17.1 Å². The molecule has 0 saturated carbocycles. The van der Waals surface area contributed by atoms with E-state index in [9.17, 15) is 9.59 Å². The van der Waals surface area contributed by atoms with Gasteiger partial charge in [-0.05, 0) is 64.8 Å². The molecule has 0 bridgehead atoms. The summed E-state index contributed by atoms with van der Waals surface area (Å²) in [5.74, 6) is 1.22. The Morgan fingerprint density at radius 1 is 1.07 bits per heavy atom. The number of likely N-dealkylation sites (tertiary alicyclic amines) is 1. The van der Waals surface area contributed by atoms with E-state index in [0.29, 0.717) is 38.3 Å². The highest BCUT2D eigenvalue weighted by molar-refractivity contribution is 5.78. The molecule has 1 aromatic carbocycles. The van der Waals surface area contributed by atoms with Crippen LogP contribution in [0.15, 0.2) is 24.3 Å². The number of piperidine rings is 1. The number of nitrogens with one attached hydrogen (secondary N) is 1. The number of amides is 2. The molecule has 0 radical (unpaired) electrons. The van der Waals surface area contributed by atoms with Crippen molar-refractivity contribution < 1.29 is 23.8 Å². The van der Waals surface area contributed by atoms with Crippen LogP contribution in [-0.2, 0) is 9.53 Å². The SMILES string of the molecule is CCOc1ccc(OCC(=O)NC2CCN(C(=O)OC(C)(C)C)CC2)cc1. The minimum atomic E-state index is -0.500. The van der Waals surface area contributed by atoms with Crippen LogP contribution in [0.5, 0.6) is 11.5 Å². The molecule has 7 heteroatoms. The molecule has 1 aliphatic rings. The fourth-order valence-corrected chi connectivity index (χ4v) is 2.75. The molecular formula is C20H30N2O5. The standard InChI is InChI=1S/C20H30N2O5/c1-5-25-16-6-8-17(9-7-16)26-14-18(23)21-15-10-12-22(13-11-15)19(24)27-20(2,3)4/h6-9,15H,5,10-14H2,1-4H3,(H,21,23). The van der Waals surface area contributed by atoms with Crippen molar-refractivity contribution in [1.82, 2.24) is 10.2 Å². The summed E-state index contributed by atoms with van der Waals surface area (Å²) in [7, 11) is 0. The van der Waals surface area contributed by atoms with Crippen LogP contribution in [-0.4, -0.2) is 54.8 Å². The Balaban J connectivity index is 1.69. The number of carbonyl (C=O) groups is 2. The maximum absolute atomic E-state index is 12.1. The van der Waals surface area contributed by atoms with Crippen molar-refractivity contribution in [3.63, 3.8) is 0 Å². The molecule has 7 nitrogen and oxygen atoms in total. The summed E-state index contributed by atoms with van der Waals surface area (Å²) in [5.41, 5.74) is -0.500. The average molecular weight is 378 g/mol. The topological polar surface area (TPSA) is 77.1 Å². The molecule has 1 N–H and O–H groups in total. The van der Waals surface area contributed by atoms with E-state index in [0.717, 1.165) is 5.75 Å². The van der Waals surface area contributed by atoms with Gasteiger partial charge >= 0.3 is 6.09 Å². The molecule has 1 fully saturated rings. The molecule has 0 spiro atoms. The Kier molecular flexibility index (Phi) is 7.33. The summed E-state index contributed by atoms with van der Waals surface area (Å²) in [5, 5.41) is 2.96. The summed E-state index contributed by atoms with van der Waals surface area (Å²) in [6.07, 6.45) is 1.10. The maximum atomic E-state index is 12.1. The quantitative estimate of drug-likeness (QED) is 0.823. The van der Waals surface area contributed by atoms with E-state index in [1.165, 1.54) is 0 Å². The van der Waals surface area contributed by atoms with Crippen LogP contribution in [0.3, 0.4) is 0 Å². The minimum absolute atomic E-state index is 0.0414. The first-order valence-corrected chi connectivity index (χ1v) is 9.40. The highest BCUT2D eigenvalue weighted by Gasteiger charge is 2.27. The third-order valence-electron chi connectivity index (χ3n) is 4.02. The lowest BCUT2D eigenvalue weighted by molar-refractivity contribution is -0.124. The maximum Gasteiger partial charge on any atom is 0.410 e. The van der Waals surface area contributed by atoms with Crippen molar-refractivity contribution in [3.05, 3.63) is 24.3 Å². The monoisotopic (exact) mass is 378 g/mol. The van der Waals surface area contributed by atoms with Gasteiger partial charge in [0.25, 0.3) is 5.91 Å². The van der Waals surface area contributed by atoms with E-state index in [1.54, 1.807) is 17.0 Å². The van der Waals surface area contributed by atoms with Crippen molar-refractivity contribution >= 4 is 12.0 Å². The van der Waals surface area contributed by atoms with E-state index < -0.39 is 5.60 Å². The predicted octanol–water partition coefficient (Wildman–Crippen LogP) is 2.98. The van der Waals surface area contributed by atoms with Crippen LogP contribution < -0.4 is 14.8 Å². The largest absolute Gasteiger partial charge is 0.494 e. The van der Waals surface area contributed by atoms with E-state index >= 15 is 0 Å². The number of rotatable bonds is 6. The number of nitrogens with zero attached hydrogens (tertiary/aromatic N) is 1. The van der Waals surface area contributed by atoms with Gasteiger partial charge in [0.15, 0.2) is 6.61 Å². The van der Waals surface area contributed by atoms with Crippen molar-refractivity contribution in [2.45, 2.75) is 52.2 Å². The van der Waals surface area contributed by atoms with E-state index in [1.807, 2.05) is 39.8 Å². The highest BCUT2D eigenvalue weighted by Crippen LogP contribution is 2.18. The van der Waals surface area contributed by atoms with Crippen LogP contribution in [0, 0.1) is 0 Å².